The summed E-state index contributed by atoms with van der Waals surface area (Å²) in [5, 5.41) is 11.3. The Labute approximate surface area is 131 Å². The van der Waals surface area contributed by atoms with E-state index in [1.807, 2.05) is 13.8 Å². The van der Waals surface area contributed by atoms with Gasteiger partial charge in [0.05, 0.1) is 0 Å². The predicted octanol–water partition coefficient (Wildman–Crippen LogP) is 1.22. The quantitative estimate of drug-likeness (QED) is 0.827. The number of hydrogen-bond donors (Lipinski definition) is 2. The predicted molar refractivity (Wildman–Crippen MR) is 82.0 cm³/mol. The number of anilines is 1. The van der Waals surface area contributed by atoms with E-state index < -0.39 is 11.6 Å². The molecule has 118 valence electrons. The molecule has 0 fully saturated rings. The Balaban J connectivity index is 2.14. The molecular formula is C13H17N5O3S. The van der Waals surface area contributed by atoms with Gasteiger partial charge in [0, 0.05) is 12.8 Å². The maximum atomic E-state index is 12.2. The highest BCUT2D eigenvalue weighted by molar-refractivity contribution is 7.15. The van der Waals surface area contributed by atoms with Gasteiger partial charge in [-0.1, -0.05) is 25.2 Å². The molecule has 2 rings (SSSR count). The van der Waals surface area contributed by atoms with Gasteiger partial charge >= 0.3 is 5.69 Å². The number of hydrogen-bond acceptors (Lipinski definition) is 7. The number of amides is 1. The highest BCUT2D eigenvalue weighted by Crippen LogP contribution is 2.16. The van der Waals surface area contributed by atoms with E-state index in [0.29, 0.717) is 34.8 Å². The van der Waals surface area contributed by atoms with E-state index in [9.17, 15) is 9.59 Å². The van der Waals surface area contributed by atoms with Gasteiger partial charge in [0.2, 0.25) is 5.13 Å². The number of rotatable bonds is 6. The summed E-state index contributed by atoms with van der Waals surface area (Å²) in [6.07, 6.45) is 0.662. The molecule has 0 atom stereocenters. The third-order valence-electron chi connectivity index (χ3n) is 2.62. The molecule has 0 radical (unpaired) electrons. The standard InChI is InChI=1S/C13H17N5O3S/c1-7(2)4-8-5-9(15-12(20)14-8)11(19)16-13-18-17-10(22-13)6-21-3/h5,7H,4,6H2,1-3H3,(H,14,15,20)(H,16,18,19). The molecule has 0 aliphatic rings. The Morgan fingerprint density at radius 3 is 2.91 bits per heavy atom. The van der Waals surface area contributed by atoms with Crippen molar-refractivity contribution in [2.45, 2.75) is 26.9 Å². The molecule has 9 heteroatoms. The lowest BCUT2D eigenvalue weighted by Gasteiger charge is -2.06. The lowest BCUT2D eigenvalue weighted by atomic mass is 10.1. The zero-order valence-electron chi connectivity index (χ0n) is 12.5. The fraction of sp³-hybridized carbons (Fsp3) is 0.462. The van der Waals surface area contributed by atoms with Crippen molar-refractivity contribution in [2.75, 3.05) is 12.4 Å². The van der Waals surface area contributed by atoms with E-state index in [4.69, 9.17) is 4.74 Å². The molecule has 0 aliphatic heterocycles. The van der Waals surface area contributed by atoms with E-state index in [2.05, 4.69) is 25.5 Å². The van der Waals surface area contributed by atoms with Gasteiger partial charge < -0.3 is 9.72 Å². The van der Waals surface area contributed by atoms with Crippen LogP contribution in [0.2, 0.25) is 0 Å². The molecule has 1 amide bonds. The largest absolute Gasteiger partial charge is 0.377 e. The summed E-state index contributed by atoms with van der Waals surface area (Å²) >= 11 is 1.21. The summed E-state index contributed by atoms with van der Waals surface area (Å²) in [5.41, 5.74) is 0.195. The van der Waals surface area contributed by atoms with Crippen LogP contribution in [0, 0.1) is 5.92 Å². The van der Waals surface area contributed by atoms with Crippen molar-refractivity contribution in [1.82, 2.24) is 20.2 Å². The molecule has 0 unspecified atom stereocenters. The van der Waals surface area contributed by atoms with Gasteiger partial charge in [0.1, 0.15) is 17.3 Å². The van der Waals surface area contributed by atoms with Crippen molar-refractivity contribution in [3.8, 4) is 0 Å². The van der Waals surface area contributed by atoms with E-state index in [-0.39, 0.29) is 5.69 Å². The second kappa shape index (κ2) is 7.23. The zero-order valence-corrected chi connectivity index (χ0v) is 13.4. The fourth-order valence-electron chi connectivity index (χ4n) is 1.82. The van der Waals surface area contributed by atoms with Crippen LogP contribution in [-0.2, 0) is 17.8 Å². The number of ether oxygens (including phenoxy) is 1. The second-order valence-electron chi connectivity index (χ2n) is 5.08. The minimum Gasteiger partial charge on any atom is -0.377 e. The lowest BCUT2D eigenvalue weighted by Crippen LogP contribution is -2.22. The number of carbonyl (C=O) groups is 1. The van der Waals surface area contributed by atoms with Gasteiger partial charge in [-0.2, -0.15) is 4.98 Å². The summed E-state index contributed by atoms with van der Waals surface area (Å²) in [7, 11) is 1.55. The molecule has 8 nitrogen and oxygen atoms in total. The van der Waals surface area contributed by atoms with Crippen molar-refractivity contribution in [3.63, 3.8) is 0 Å². The minimum atomic E-state index is -0.541. The number of aromatic amines is 1. The lowest BCUT2D eigenvalue weighted by molar-refractivity contribution is 0.102. The molecule has 0 spiro atoms. The maximum Gasteiger partial charge on any atom is 0.345 e. The minimum absolute atomic E-state index is 0.0582. The molecule has 0 saturated heterocycles. The van der Waals surface area contributed by atoms with Crippen LogP contribution in [0.1, 0.15) is 35.0 Å². The number of H-pyrrole nitrogens is 1. The highest BCUT2D eigenvalue weighted by atomic mass is 32.1. The van der Waals surface area contributed by atoms with Crippen LogP contribution in [0.4, 0.5) is 5.13 Å². The summed E-state index contributed by atoms with van der Waals surface area (Å²) in [6, 6.07) is 1.58. The highest BCUT2D eigenvalue weighted by Gasteiger charge is 2.13. The fourth-order valence-corrected chi connectivity index (χ4v) is 2.53. The van der Waals surface area contributed by atoms with E-state index >= 15 is 0 Å². The Bertz CT molecular complexity index is 710. The van der Waals surface area contributed by atoms with Crippen LogP contribution >= 0.6 is 11.3 Å². The number of carbonyl (C=O) groups excluding carboxylic acids is 1. The van der Waals surface area contributed by atoms with Crippen molar-refractivity contribution in [1.29, 1.82) is 0 Å². The third-order valence-corrected chi connectivity index (χ3v) is 3.43. The Kier molecular flexibility index (Phi) is 5.34. The smallest absolute Gasteiger partial charge is 0.345 e. The molecule has 0 aliphatic carbocycles. The van der Waals surface area contributed by atoms with Crippen molar-refractivity contribution in [3.05, 3.63) is 32.9 Å². The monoisotopic (exact) mass is 323 g/mol. The van der Waals surface area contributed by atoms with Gasteiger partial charge in [0.25, 0.3) is 5.91 Å². The van der Waals surface area contributed by atoms with Crippen LogP contribution in [0.3, 0.4) is 0 Å². The van der Waals surface area contributed by atoms with Crippen LogP contribution < -0.4 is 11.0 Å². The SMILES string of the molecule is COCc1nnc(NC(=O)c2cc(CC(C)C)[nH]c(=O)n2)s1. The average Bonchev–Trinajstić information content (AvgIpc) is 2.85. The summed E-state index contributed by atoms with van der Waals surface area (Å²) in [4.78, 5) is 30.0. The molecule has 0 saturated carbocycles. The number of nitrogens with zero attached hydrogens (tertiary/aromatic N) is 3. The van der Waals surface area contributed by atoms with E-state index in [1.165, 1.54) is 11.3 Å². The Hall–Kier alpha value is -2.13. The second-order valence-corrected chi connectivity index (χ2v) is 6.14. The summed E-state index contributed by atoms with van der Waals surface area (Å²) < 4.78 is 4.94. The topological polar surface area (TPSA) is 110 Å². The third kappa shape index (κ3) is 4.43. The average molecular weight is 323 g/mol. The van der Waals surface area contributed by atoms with Crippen LogP contribution in [0.25, 0.3) is 0 Å². The van der Waals surface area contributed by atoms with Gasteiger partial charge in [-0.3, -0.25) is 10.1 Å². The molecule has 2 aromatic rings. The van der Waals surface area contributed by atoms with Gasteiger partial charge in [-0.25, -0.2) is 4.79 Å². The van der Waals surface area contributed by atoms with Crippen molar-refractivity contribution in [2.24, 2.45) is 5.92 Å². The van der Waals surface area contributed by atoms with Gasteiger partial charge in [0.15, 0.2) is 0 Å². The van der Waals surface area contributed by atoms with E-state index in [0.717, 1.165) is 0 Å². The first-order valence-electron chi connectivity index (χ1n) is 6.71. The normalized spacial score (nSPS) is 10.9. The first kappa shape index (κ1) is 16.2. The molecule has 0 aromatic carbocycles. The number of methoxy groups -OCH3 is 1. The van der Waals surface area contributed by atoms with Crippen LogP contribution in [0.15, 0.2) is 10.9 Å². The van der Waals surface area contributed by atoms with Gasteiger partial charge in [-0.15, -0.1) is 10.2 Å². The Morgan fingerprint density at radius 2 is 2.23 bits per heavy atom. The molecule has 2 aromatic heterocycles. The first-order chi connectivity index (χ1) is 10.5. The summed E-state index contributed by atoms with van der Waals surface area (Å²) in [6.45, 7) is 4.38. The molecule has 2 heterocycles. The molecule has 0 bridgehead atoms. The molecular weight excluding hydrogens is 306 g/mol. The van der Waals surface area contributed by atoms with E-state index in [1.54, 1.807) is 13.2 Å². The van der Waals surface area contributed by atoms with Crippen LogP contribution in [-0.4, -0.2) is 33.2 Å². The Morgan fingerprint density at radius 1 is 1.45 bits per heavy atom. The summed E-state index contributed by atoms with van der Waals surface area (Å²) in [5.74, 6) is -0.134. The van der Waals surface area contributed by atoms with Crippen LogP contribution in [0.5, 0.6) is 0 Å². The maximum absolute atomic E-state index is 12.2. The zero-order chi connectivity index (χ0) is 16.1. The van der Waals surface area contributed by atoms with Crippen molar-refractivity contribution < 1.29 is 9.53 Å². The first-order valence-corrected chi connectivity index (χ1v) is 7.52. The van der Waals surface area contributed by atoms with Gasteiger partial charge in [-0.05, 0) is 18.4 Å². The van der Waals surface area contributed by atoms with Crippen molar-refractivity contribution >= 4 is 22.4 Å². The molecule has 2 N–H and O–H groups in total. The molecule has 22 heavy (non-hydrogen) atoms. The number of nitrogens with one attached hydrogen (secondary N) is 2. The number of aromatic nitrogens is 4.